The molecule has 0 radical (unpaired) electrons. The highest BCUT2D eigenvalue weighted by atomic mass is 16.5. The molecule has 1 unspecified atom stereocenters. The van der Waals surface area contributed by atoms with E-state index >= 15 is 0 Å². The van der Waals surface area contributed by atoms with E-state index in [1.54, 1.807) is 6.08 Å². The third-order valence-corrected chi connectivity index (χ3v) is 3.24. The summed E-state index contributed by atoms with van der Waals surface area (Å²) in [4.78, 5) is 14.3. The lowest BCUT2D eigenvalue weighted by atomic mass is 10.1. The molecule has 0 aliphatic carbocycles. The smallest absolute Gasteiger partial charge is 0.323 e. The van der Waals surface area contributed by atoms with Gasteiger partial charge < -0.3 is 4.74 Å². The van der Waals surface area contributed by atoms with Crippen molar-refractivity contribution in [1.82, 2.24) is 4.90 Å². The number of esters is 1. The summed E-state index contributed by atoms with van der Waals surface area (Å²) < 4.78 is 5.20. The molecule has 3 nitrogen and oxygen atoms in total. The van der Waals surface area contributed by atoms with Gasteiger partial charge >= 0.3 is 5.97 Å². The zero-order valence-corrected chi connectivity index (χ0v) is 12.8. The van der Waals surface area contributed by atoms with Crippen LogP contribution >= 0.6 is 0 Å². The molecule has 0 aliphatic rings. The van der Waals surface area contributed by atoms with E-state index in [0.717, 1.165) is 13.0 Å². The SMILES string of the molecule is C=CCCN(Cc1ccccc1)C(CC=C)C(=O)OCC. The molecule has 0 bridgehead atoms. The summed E-state index contributed by atoms with van der Waals surface area (Å²) in [7, 11) is 0. The molecule has 1 aromatic rings. The number of carbonyl (C=O) groups excluding carboxylic acids is 1. The first-order chi connectivity index (χ1) is 10.2. The van der Waals surface area contributed by atoms with E-state index in [9.17, 15) is 4.79 Å². The Morgan fingerprint density at radius 1 is 1.29 bits per heavy atom. The van der Waals surface area contributed by atoms with E-state index in [1.165, 1.54) is 5.56 Å². The average molecular weight is 287 g/mol. The van der Waals surface area contributed by atoms with Crippen molar-refractivity contribution in [2.45, 2.75) is 32.4 Å². The monoisotopic (exact) mass is 287 g/mol. The van der Waals surface area contributed by atoms with Crippen LogP contribution < -0.4 is 0 Å². The number of ether oxygens (including phenoxy) is 1. The van der Waals surface area contributed by atoms with Crippen LogP contribution in [0.3, 0.4) is 0 Å². The second kappa shape index (κ2) is 9.94. The van der Waals surface area contributed by atoms with Gasteiger partial charge in [-0.2, -0.15) is 0 Å². The number of benzene rings is 1. The second-order valence-electron chi connectivity index (χ2n) is 4.83. The van der Waals surface area contributed by atoms with Gasteiger partial charge in [0.25, 0.3) is 0 Å². The first kappa shape index (κ1) is 17.2. The summed E-state index contributed by atoms with van der Waals surface area (Å²) >= 11 is 0. The fourth-order valence-electron chi connectivity index (χ4n) is 2.21. The molecule has 0 fully saturated rings. The number of hydrogen-bond acceptors (Lipinski definition) is 3. The molecule has 0 saturated heterocycles. The maximum Gasteiger partial charge on any atom is 0.323 e. The van der Waals surface area contributed by atoms with E-state index in [2.05, 4.69) is 30.2 Å². The number of hydrogen-bond donors (Lipinski definition) is 0. The average Bonchev–Trinajstić information content (AvgIpc) is 2.50. The topological polar surface area (TPSA) is 29.5 Å². The van der Waals surface area contributed by atoms with Crippen LogP contribution in [0.4, 0.5) is 0 Å². The summed E-state index contributed by atoms with van der Waals surface area (Å²) in [5.41, 5.74) is 1.18. The molecule has 0 heterocycles. The van der Waals surface area contributed by atoms with E-state index in [1.807, 2.05) is 31.2 Å². The van der Waals surface area contributed by atoms with Crippen LogP contribution in [0.25, 0.3) is 0 Å². The first-order valence-electron chi connectivity index (χ1n) is 7.39. The summed E-state index contributed by atoms with van der Waals surface area (Å²) in [6.45, 7) is 11.2. The van der Waals surface area contributed by atoms with Crippen molar-refractivity contribution >= 4 is 5.97 Å². The van der Waals surface area contributed by atoms with Gasteiger partial charge in [-0.1, -0.05) is 42.5 Å². The van der Waals surface area contributed by atoms with Crippen LogP contribution in [0.1, 0.15) is 25.3 Å². The van der Waals surface area contributed by atoms with Gasteiger partial charge in [0.05, 0.1) is 6.61 Å². The predicted molar refractivity (Wildman–Crippen MR) is 86.9 cm³/mol. The Hall–Kier alpha value is -1.87. The van der Waals surface area contributed by atoms with E-state index in [-0.39, 0.29) is 12.0 Å². The molecule has 1 atom stereocenters. The largest absolute Gasteiger partial charge is 0.465 e. The minimum Gasteiger partial charge on any atom is -0.465 e. The molecule has 0 saturated carbocycles. The zero-order chi connectivity index (χ0) is 15.5. The standard InChI is InChI=1S/C18H25NO2/c1-4-7-14-19(15-16-12-9-8-10-13-16)17(11-5-2)18(20)21-6-3/h4-5,8-10,12-13,17H,1-2,6-7,11,14-15H2,3H3. The highest BCUT2D eigenvalue weighted by molar-refractivity contribution is 5.76. The van der Waals surface area contributed by atoms with Gasteiger partial charge in [-0.3, -0.25) is 9.69 Å². The molecule has 0 aliphatic heterocycles. The lowest BCUT2D eigenvalue weighted by molar-refractivity contribution is -0.149. The maximum atomic E-state index is 12.2. The van der Waals surface area contributed by atoms with Crippen molar-refractivity contribution in [1.29, 1.82) is 0 Å². The highest BCUT2D eigenvalue weighted by Gasteiger charge is 2.25. The fourth-order valence-corrected chi connectivity index (χ4v) is 2.21. The van der Waals surface area contributed by atoms with Crippen LogP contribution in [0.5, 0.6) is 0 Å². The van der Waals surface area contributed by atoms with Gasteiger partial charge in [0.15, 0.2) is 0 Å². The maximum absolute atomic E-state index is 12.2. The minimum absolute atomic E-state index is 0.183. The van der Waals surface area contributed by atoms with Gasteiger partial charge in [-0.05, 0) is 25.3 Å². The summed E-state index contributed by atoms with van der Waals surface area (Å²) in [5.74, 6) is -0.183. The molecule has 0 amide bonds. The van der Waals surface area contributed by atoms with Crippen LogP contribution in [-0.2, 0) is 16.1 Å². The van der Waals surface area contributed by atoms with Crippen molar-refractivity contribution in [2.75, 3.05) is 13.2 Å². The van der Waals surface area contributed by atoms with Gasteiger partial charge in [-0.15, -0.1) is 13.2 Å². The van der Waals surface area contributed by atoms with E-state index in [0.29, 0.717) is 19.6 Å². The number of carbonyl (C=O) groups is 1. The van der Waals surface area contributed by atoms with E-state index in [4.69, 9.17) is 4.74 Å². The quantitative estimate of drug-likeness (QED) is 0.486. The van der Waals surface area contributed by atoms with Gasteiger partial charge in [0, 0.05) is 13.1 Å². The summed E-state index contributed by atoms with van der Waals surface area (Å²) in [6, 6.07) is 9.85. The normalized spacial score (nSPS) is 11.9. The van der Waals surface area contributed by atoms with Crippen molar-refractivity contribution < 1.29 is 9.53 Å². The van der Waals surface area contributed by atoms with Crippen molar-refractivity contribution in [3.63, 3.8) is 0 Å². The van der Waals surface area contributed by atoms with Crippen LogP contribution in [0, 0.1) is 0 Å². The zero-order valence-electron chi connectivity index (χ0n) is 12.8. The molecule has 21 heavy (non-hydrogen) atoms. The summed E-state index contributed by atoms with van der Waals surface area (Å²) in [5, 5.41) is 0. The van der Waals surface area contributed by atoms with Gasteiger partial charge in [-0.25, -0.2) is 0 Å². The fraction of sp³-hybridized carbons (Fsp3) is 0.389. The second-order valence-corrected chi connectivity index (χ2v) is 4.83. The van der Waals surface area contributed by atoms with Crippen LogP contribution in [0.2, 0.25) is 0 Å². The lowest BCUT2D eigenvalue weighted by Crippen LogP contribution is -2.42. The molecule has 0 N–H and O–H groups in total. The van der Waals surface area contributed by atoms with Crippen molar-refractivity contribution in [3.05, 3.63) is 61.2 Å². The Kier molecular flexibility index (Phi) is 8.14. The Bertz CT molecular complexity index is 442. The van der Waals surface area contributed by atoms with Crippen molar-refractivity contribution in [3.8, 4) is 0 Å². The molecule has 114 valence electrons. The number of rotatable bonds is 10. The first-order valence-corrected chi connectivity index (χ1v) is 7.39. The molecule has 0 aromatic heterocycles. The third-order valence-electron chi connectivity index (χ3n) is 3.24. The Balaban J connectivity index is 2.87. The minimum atomic E-state index is -0.289. The molecule has 3 heteroatoms. The number of nitrogens with zero attached hydrogens (tertiary/aromatic N) is 1. The third kappa shape index (κ3) is 5.96. The Morgan fingerprint density at radius 2 is 2.00 bits per heavy atom. The molecular formula is C18H25NO2. The van der Waals surface area contributed by atoms with Crippen molar-refractivity contribution in [2.24, 2.45) is 0 Å². The predicted octanol–water partition coefficient (Wildman–Crippen LogP) is 3.57. The van der Waals surface area contributed by atoms with E-state index < -0.39 is 0 Å². The highest BCUT2D eigenvalue weighted by Crippen LogP contribution is 2.14. The molecular weight excluding hydrogens is 262 g/mol. The lowest BCUT2D eigenvalue weighted by Gasteiger charge is -2.29. The van der Waals surface area contributed by atoms with Crippen LogP contribution in [0.15, 0.2) is 55.6 Å². The van der Waals surface area contributed by atoms with Gasteiger partial charge in [0.1, 0.15) is 6.04 Å². The van der Waals surface area contributed by atoms with Crippen LogP contribution in [-0.4, -0.2) is 30.1 Å². The molecule has 1 rings (SSSR count). The Labute approximate surface area is 127 Å². The Morgan fingerprint density at radius 3 is 2.57 bits per heavy atom. The summed E-state index contributed by atoms with van der Waals surface area (Å²) in [6.07, 6.45) is 5.06. The molecule has 0 spiro atoms. The van der Waals surface area contributed by atoms with Gasteiger partial charge in [0.2, 0.25) is 0 Å². The molecule has 1 aromatic carbocycles.